The van der Waals surface area contributed by atoms with Crippen molar-refractivity contribution in [2.24, 2.45) is 0 Å². The van der Waals surface area contributed by atoms with Crippen LogP contribution < -0.4 is 10.5 Å². The first-order valence-electron chi connectivity index (χ1n) is 7.42. The summed E-state index contributed by atoms with van der Waals surface area (Å²) in [5, 5.41) is -0.506. The van der Waals surface area contributed by atoms with Crippen molar-refractivity contribution >= 4 is 32.7 Å². The predicted molar refractivity (Wildman–Crippen MR) is 94.1 cm³/mol. The highest BCUT2D eigenvalue weighted by Crippen LogP contribution is 2.36. The number of hydrogen-bond donors (Lipinski definition) is 1. The number of ether oxygens (including phenoxy) is 1. The van der Waals surface area contributed by atoms with Crippen LogP contribution in [-0.4, -0.2) is 9.97 Å². The highest BCUT2D eigenvalue weighted by atomic mass is 79.9. The van der Waals surface area contributed by atoms with Gasteiger partial charge in [0, 0.05) is 4.47 Å². The molecule has 25 heavy (non-hydrogen) atoms. The van der Waals surface area contributed by atoms with E-state index < -0.39 is 34.1 Å². The summed E-state index contributed by atoms with van der Waals surface area (Å²) in [6.07, 6.45) is 0. The summed E-state index contributed by atoms with van der Waals surface area (Å²) in [7, 11) is 0. The van der Waals surface area contributed by atoms with Crippen LogP contribution in [-0.2, 0) is 0 Å². The molecule has 1 heterocycles. The van der Waals surface area contributed by atoms with Gasteiger partial charge in [-0.05, 0) is 31.2 Å². The van der Waals surface area contributed by atoms with E-state index in [4.69, 9.17) is 10.5 Å². The average Bonchev–Trinajstić information content (AvgIpc) is 2.59. The van der Waals surface area contributed by atoms with E-state index in [-0.39, 0.29) is 17.4 Å². The number of rotatable bonds is 2. The fraction of sp³-hybridized carbons (Fsp3) is 0.176. The smallest absolute Gasteiger partial charge is 0.205 e. The van der Waals surface area contributed by atoms with E-state index in [0.29, 0.717) is 0 Å². The minimum atomic E-state index is -1.49. The molecule has 0 aliphatic carbocycles. The number of nitrogens with zero attached hydrogens (tertiary/aromatic N) is 2. The normalized spacial score (nSPS) is 10.4. The Bertz CT molecular complexity index is 918. The number of fused-ring (bicyclic) bond motifs is 1. The first-order valence-corrected chi connectivity index (χ1v) is 8.21. The third-order valence-electron chi connectivity index (χ3n) is 3.10. The van der Waals surface area contributed by atoms with Gasteiger partial charge >= 0.3 is 0 Å². The Morgan fingerprint density at radius 2 is 1.56 bits per heavy atom. The van der Waals surface area contributed by atoms with E-state index in [1.54, 1.807) is 12.1 Å². The number of nitrogens with two attached hydrogens (primary N) is 1. The molecule has 0 amide bonds. The monoisotopic (exact) mass is 413 g/mol. The fourth-order valence-corrected chi connectivity index (χ4v) is 2.36. The lowest BCUT2D eigenvalue weighted by molar-refractivity contribution is 0.392. The molecule has 2 N–H and O–H groups in total. The topological polar surface area (TPSA) is 61.0 Å². The van der Waals surface area contributed by atoms with E-state index in [1.165, 1.54) is 19.1 Å². The Labute approximate surface area is 151 Å². The van der Waals surface area contributed by atoms with Crippen LogP contribution in [0.2, 0.25) is 0 Å². The summed E-state index contributed by atoms with van der Waals surface area (Å²) in [5.74, 6) is -4.92. The summed E-state index contributed by atoms with van der Waals surface area (Å²) in [4.78, 5) is 7.51. The minimum absolute atomic E-state index is 0.134. The molecule has 0 bridgehead atoms. The van der Waals surface area contributed by atoms with Gasteiger partial charge in [0.2, 0.25) is 11.6 Å². The van der Waals surface area contributed by atoms with Crippen LogP contribution in [0.4, 0.5) is 19.0 Å². The van der Waals surface area contributed by atoms with Gasteiger partial charge in [0.05, 0.1) is 5.39 Å². The highest BCUT2D eigenvalue weighted by molar-refractivity contribution is 9.10. The molecular weight excluding hydrogens is 399 g/mol. The van der Waals surface area contributed by atoms with E-state index in [2.05, 4.69) is 25.9 Å². The van der Waals surface area contributed by atoms with Gasteiger partial charge < -0.3 is 10.5 Å². The van der Waals surface area contributed by atoms with Crippen LogP contribution >= 0.6 is 15.9 Å². The number of aryl methyl sites for hydroxylation is 1. The molecule has 0 aliphatic heterocycles. The van der Waals surface area contributed by atoms with Gasteiger partial charge in [-0.15, -0.1) is 0 Å². The van der Waals surface area contributed by atoms with E-state index in [9.17, 15) is 13.2 Å². The molecule has 0 fully saturated rings. The molecule has 0 aliphatic rings. The van der Waals surface area contributed by atoms with Gasteiger partial charge in [-0.25, -0.2) is 18.7 Å². The number of aromatic nitrogens is 2. The summed E-state index contributed by atoms with van der Waals surface area (Å²) < 4.78 is 48.8. The second-order valence-corrected chi connectivity index (χ2v) is 5.62. The first kappa shape index (κ1) is 19.0. The molecule has 3 aromatic rings. The largest absolute Gasteiger partial charge is 0.451 e. The molecule has 4 nitrogen and oxygen atoms in total. The molecule has 2 aromatic carbocycles. The van der Waals surface area contributed by atoms with Crippen molar-refractivity contribution in [3.05, 3.63) is 52.0 Å². The quantitative estimate of drug-likeness (QED) is 0.561. The van der Waals surface area contributed by atoms with Crippen molar-refractivity contribution in [1.29, 1.82) is 0 Å². The van der Waals surface area contributed by atoms with Crippen LogP contribution in [0.3, 0.4) is 0 Å². The summed E-state index contributed by atoms with van der Waals surface area (Å²) >= 11 is 3.23. The molecule has 0 saturated carbocycles. The summed E-state index contributed by atoms with van der Waals surface area (Å²) in [6, 6.07) is 6.19. The molecule has 132 valence electrons. The van der Waals surface area contributed by atoms with Crippen LogP contribution in [0.15, 0.2) is 28.7 Å². The van der Waals surface area contributed by atoms with Gasteiger partial charge in [0.25, 0.3) is 0 Å². The van der Waals surface area contributed by atoms with Gasteiger partial charge in [0.1, 0.15) is 22.9 Å². The van der Waals surface area contributed by atoms with Crippen molar-refractivity contribution < 1.29 is 17.9 Å². The van der Waals surface area contributed by atoms with Crippen molar-refractivity contribution in [3.63, 3.8) is 0 Å². The molecule has 0 saturated heterocycles. The lowest BCUT2D eigenvalue weighted by Gasteiger charge is -2.12. The van der Waals surface area contributed by atoms with Crippen molar-refractivity contribution in [3.8, 4) is 11.5 Å². The Morgan fingerprint density at radius 1 is 0.960 bits per heavy atom. The maximum absolute atomic E-state index is 14.5. The maximum atomic E-state index is 14.5. The van der Waals surface area contributed by atoms with E-state index in [1.807, 2.05) is 13.8 Å². The lowest BCUT2D eigenvalue weighted by atomic mass is 10.2. The number of hydrogen-bond acceptors (Lipinski definition) is 4. The van der Waals surface area contributed by atoms with Crippen LogP contribution in [0.5, 0.6) is 11.5 Å². The fourth-order valence-electron chi connectivity index (χ4n) is 2.09. The zero-order valence-corrected chi connectivity index (χ0v) is 15.3. The van der Waals surface area contributed by atoms with Gasteiger partial charge in [-0.3, -0.25) is 0 Å². The van der Waals surface area contributed by atoms with Crippen LogP contribution in [0.1, 0.15) is 19.7 Å². The molecular formula is C17H15BrF3N3O. The van der Waals surface area contributed by atoms with Crippen molar-refractivity contribution in [2.75, 3.05) is 5.73 Å². The highest BCUT2D eigenvalue weighted by Gasteiger charge is 2.25. The molecule has 1 aromatic heterocycles. The lowest BCUT2D eigenvalue weighted by Crippen LogP contribution is -2.05. The Balaban J connectivity index is 0.00000109. The number of nitrogen functional groups attached to an aromatic ring is 1. The van der Waals surface area contributed by atoms with Crippen LogP contribution in [0.25, 0.3) is 10.9 Å². The summed E-state index contributed by atoms with van der Waals surface area (Å²) in [6.45, 7) is 5.46. The third-order valence-corrected chi connectivity index (χ3v) is 3.63. The standard InChI is InChI=1S/C15H9BrF3N3O.C2H6/c1-6-21-13-9(15(20)22-6)10(17)11(18)14(12(13)19)23-8-4-2-7(16)3-5-8;1-2/h2-5H,1H3,(H2,20,21,22);1-2H3. The van der Waals surface area contributed by atoms with Crippen molar-refractivity contribution in [2.45, 2.75) is 20.8 Å². The molecule has 3 rings (SSSR count). The van der Waals surface area contributed by atoms with Gasteiger partial charge in [0.15, 0.2) is 11.6 Å². The second kappa shape index (κ2) is 7.69. The Kier molecular flexibility index (Phi) is 5.84. The molecule has 8 heteroatoms. The number of halogens is 4. The minimum Gasteiger partial charge on any atom is -0.451 e. The average molecular weight is 414 g/mol. The maximum Gasteiger partial charge on any atom is 0.205 e. The molecule has 0 radical (unpaired) electrons. The van der Waals surface area contributed by atoms with Crippen molar-refractivity contribution in [1.82, 2.24) is 9.97 Å². The molecule has 0 spiro atoms. The Hall–Kier alpha value is -2.35. The zero-order valence-electron chi connectivity index (χ0n) is 13.7. The number of anilines is 1. The van der Waals surface area contributed by atoms with E-state index >= 15 is 0 Å². The summed E-state index contributed by atoms with van der Waals surface area (Å²) in [5.41, 5.74) is 5.11. The van der Waals surface area contributed by atoms with Crippen LogP contribution in [0, 0.1) is 24.4 Å². The second-order valence-electron chi connectivity index (χ2n) is 4.71. The zero-order chi connectivity index (χ0) is 18.7. The van der Waals surface area contributed by atoms with E-state index in [0.717, 1.165) is 4.47 Å². The first-order chi connectivity index (χ1) is 11.9. The third kappa shape index (κ3) is 3.68. The Morgan fingerprint density at radius 3 is 2.16 bits per heavy atom. The molecule has 0 unspecified atom stereocenters. The molecule has 0 atom stereocenters. The van der Waals surface area contributed by atoms with Gasteiger partial charge in [-0.1, -0.05) is 29.8 Å². The number of benzene rings is 2. The SMILES string of the molecule is CC.Cc1nc(N)c2c(F)c(F)c(Oc3ccc(Br)cc3)c(F)c2n1. The van der Waals surface area contributed by atoms with Gasteiger partial charge in [-0.2, -0.15) is 4.39 Å². The predicted octanol–water partition coefficient (Wildman–Crippen LogP) is 5.52.